The van der Waals surface area contributed by atoms with E-state index in [9.17, 15) is 8.42 Å². The number of benzene rings is 1. The lowest BCUT2D eigenvalue weighted by molar-refractivity contribution is 0.602. The van der Waals surface area contributed by atoms with Crippen molar-refractivity contribution in [3.8, 4) is 11.3 Å². The number of hydrogen-bond acceptors (Lipinski definition) is 5. The van der Waals surface area contributed by atoms with Gasteiger partial charge in [0, 0.05) is 25.1 Å². The van der Waals surface area contributed by atoms with Crippen LogP contribution in [0.3, 0.4) is 0 Å². The zero-order valence-electron chi connectivity index (χ0n) is 13.5. The summed E-state index contributed by atoms with van der Waals surface area (Å²) in [5.74, 6) is 0.751. The van der Waals surface area contributed by atoms with Crippen LogP contribution in [0.4, 0.5) is 5.82 Å². The first-order valence-electron chi connectivity index (χ1n) is 7.42. The van der Waals surface area contributed by atoms with Gasteiger partial charge in [0.1, 0.15) is 5.82 Å². The summed E-state index contributed by atoms with van der Waals surface area (Å²) in [4.78, 5) is 4.88. The highest BCUT2D eigenvalue weighted by Crippen LogP contribution is 2.21. The fraction of sp³-hybridized carbons (Fsp3) is 0.176. The topological polar surface area (TPSA) is 76.9 Å². The third-order valence-electron chi connectivity index (χ3n) is 3.70. The molecule has 0 spiro atoms. The summed E-state index contributed by atoms with van der Waals surface area (Å²) < 4.78 is 24.9. The third kappa shape index (κ3) is 3.62. The Hall–Kier alpha value is -2.67. The van der Waals surface area contributed by atoms with Gasteiger partial charge in [0.15, 0.2) is 9.84 Å². The number of hydrogen-bond donors (Lipinski definition) is 1. The molecule has 0 aliphatic carbocycles. The van der Waals surface area contributed by atoms with Gasteiger partial charge in [-0.15, -0.1) is 0 Å². The average Bonchev–Trinajstić information content (AvgIpc) is 2.98. The van der Waals surface area contributed by atoms with Crippen LogP contribution in [0.5, 0.6) is 0 Å². The molecule has 0 aliphatic heterocycles. The van der Waals surface area contributed by atoms with Gasteiger partial charge < -0.3 is 5.32 Å². The zero-order valence-corrected chi connectivity index (χ0v) is 14.3. The molecule has 0 saturated heterocycles. The minimum absolute atomic E-state index is 0.303. The fourth-order valence-corrected chi connectivity index (χ4v) is 2.95. The van der Waals surface area contributed by atoms with Crippen molar-refractivity contribution in [2.45, 2.75) is 11.4 Å². The Balaban J connectivity index is 1.79. The minimum Gasteiger partial charge on any atom is -0.364 e. The summed E-state index contributed by atoms with van der Waals surface area (Å²) in [6.45, 7) is 0.625. The highest BCUT2D eigenvalue weighted by molar-refractivity contribution is 7.90. The highest BCUT2D eigenvalue weighted by atomic mass is 32.2. The lowest BCUT2D eigenvalue weighted by Crippen LogP contribution is -2.06. The Morgan fingerprint density at radius 2 is 1.83 bits per heavy atom. The number of pyridine rings is 1. The van der Waals surface area contributed by atoms with E-state index < -0.39 is 9.84 Å². The normalized spacial score (nSPS) is 11.4. The first kappa shape index (κ1) is 16.2. The average molecular weight is 342 g/mol. The van der Waals surface area contributed by atoms with Gasteiger partial charge in [0.2, 0.25) is 0 Å². The first-order chi connectivity index (χ1) is 11.4. The first-order valence-corrected chi connectivity index (χ1v) is 9.31. The highest BCUT2D eigenvalue weighted by Gasteiger charge is 2.08. The fourth-order valence-electron chi connectivity index (χ4n) is 2.32. The Bertz CT molecular complexity index is 947. The maximum absolute atomic E-state index is 11.5. The molecule has 0 fully saturated rings. The lowest BCUT2D eigenvalue weighted by atomic mass is 10.1. The van der Waals surface area contributed by atoms with Crippen LogP contribution in [-0.2, 0) is 23.4 Å². The number of nitrogens with zero attached hydrogens (tertiary/aromatic N) is 3. The van der Waals surface area contributed by atoms with Gasteiger partial charge in [0.25, 0.3) is 0 Å². The summed E-state index contributed by atoms with van der Waals surface area (Å²) in [5, 5.41) is 7.40. The van der Waals surface area contributed by atoms with Crippen molar-refractivity contribution in [3.05, 3.63) is 60.4 Å². The van der Waals surface area contributed by atoms with E-state index in [0.717, 1.165) is 22.8 Å². The van der Waals surface area contributed by atoms with E-state index in [1.165, 1.54) is 6.26 Å². The molecule has 6 nitrogen and oxygen atoms in total. The van der Waals surface area contributed by atoms with E-state index in [4.69, 9.17) is 0 Å². The predicted molar refractivity (Wildman–Crippen MR) is 93.3 cm³/mol. The molecule has 0 bridgehead atoms. The monoisotopic (exact) mass is 342 g/mol. The van der Waals surface area contributed by atoms with Crippen LogP contribution in [0.2, 0.25) is 0 Å². The van der Waals surface area contributed by atoms with Gasteiger partial charge in [-0.2, -0.15) is 5.10 Å². The number of anilines is 1. The van der Waals surface area contributed by atoms with Crippen LogP contribution in [0.1, 0.15) is 5.69 Å². The second kappa shape index (κ2) is 6.45. The van der Waals surface area contributed by atoms with E-state index in [2.05, 4.69) is 15.4 Å². The lowest BCUT2D eigenvalue weighted by Gasteiger charge is -2.08. The smallest absolute Gasteiger partial charge is 0.175 e. The van der Waals surface area contributed by atoms with Crippen molar-refractivity contribution in [2.24, 2.45) is 7.05 Å². The van der Waals surface area contributed by atoms with Crippen molar-refractivity contribution >= 4 is 15.7 Å². The molecule has 2 heterocycles. The number of nitrogens with one attached hydrogen (secondary N) is 1. The molecule has 2 aromatic heterocycles. The quantitative estimate of drug-likeness (QED) is 0.771. The molecule has 0 amide bonds. The number of sulfone groups is 1. The second-order valence-corrected chi connectivity index (χ2v) is 7.52. The SMILES string of the molecule is Cn1nccc1CNc1cccc(-c2ccc(S(C)(=O)=O)cc2)n1. The van der Waals surface area contributed by atoms with E-state index in [0.29, 0.717) is 11.4 Å². The largest absolute Gasteiger partial charge is 0.364 e. The van der Waals surface area contributed by atoms with Crippen molar-refractivity contribution in [3.63, 3.8) is 0 Å². The Morgan fingerprint density at radius 3 is 2.46 bits per heavy atom. The molecule has 24 heavy (non-hydrogen) atoms. The molecule has 3 aromatic rings. The molecular weight excluding hydrogens is 324 g/mol. The summed E-state index contributed by atoms with van der Waals surface area (Å²) in [7, 11) is -1.30. The van der Waals surface area contributed by atoms with Gasteiger partial charge in [0.05, 0.1) is 22.8 Å². The third-order valence-corrected chi connectivity index (χ3v) is 4.83. The van der Waals surface area contributed by atoms with E-state index in [-0.39, 0.29) is 0 Å². The maximum atomic E-state index is 11.5. The van der Waals surface area contributed by atoms with Gasteiger partial charge in [-0.3, -0.25) is 4.68 Å². The summed E-state index contributed by atoms with van der Waals surface area (Å²) in [5.41, 5.74) is 2.70. The van der Waals surface area contributed by atoms with Crippen LogP contribution in [0.25, 0.3) is 11.3 Å². The Morgan fingerprint density at radius 1 is 1.08 bits per heavy atom. The molecule has 1 aromatic carbocycles. The van der Waals surface area contributed by atoms with Crippen molar-refractivity contribution in [1.82, 2.24) is 14.8 Å². The molecule has 0 aliphatic rings. The summed E-state index contributed by atoms with van der Waals surface area (Å²) in [6, 6.07) is 14.4. The maximum Gasteiger partial charge on any atom is 0.175 e. The number of aryl methyl sites for hydroxylation is 1. The molecule has 0 saturated carbocycles. The molecule has 3 rings (SSSR count). The van der Waals surface area contributed by atoms with Gasteiger partial charge in [-0.25, -0.2) is 13.4 Å². The minimum atomic E-state index is -3.19. The van der Waals surface area contributed by atoms with Crippen molar-refractivity contribution < 1.29 is 8.42 Å². The summed E-state index contributed by atoms with van der Waals surface area (Å²) >= 11 is 0. The van der Waals surface area contributed by atoms with Crippen molar-refractivity contribution in [1.29, 1.82) is 0 Å². The molecule has 0 radical (unpaired) electrons. The van der Waals surface area contributed by atoms with Crippen LogP contribution in [0, 0.1) is 0 Å². The van der Waals surface area contributed by atoms with E-state index >= 15 is 0 Å². The molecule has 124 valence electrons. The zero-order chi connectivity index (χ0) is 17.2. The Labute approximate surface area is 141 Å². The predicted octanol–water partition coefficient (Wildman–Crippen LogP) is 2.50. The Kier molecular flexibility index (Phi) is 4.35. The van der Waals surface area contributed by atoms with Crippen LogP contribution < -0.4 is 5.32 Å². The second-order valence-electron chi connectivity index (χ2n) is 5.50. The van der Waals surface area contributed by atoms with Crippen LogP contribution >= 0.6 is 0 Å². The van der Waals surface area contributed by atoms with Crippen molar-refractivity contribution in [2.75, 3.05) is 11.6 Å². The van der Waals surface area contributed by atoms with Crippen LogP contribution in [-0.4, -0.2) is 29.4 Å². The summed E-state index contributed by atoms with van der Waals surface area (Å²) in [6.07, 6.45) is 2.95. The van der Waals surface area contributed by atoms with Gasteiger partial charge in [-0.05, 0) is 30.3 Å². The van der Waals surface area contributed by atoms with E-state index in [1.54, 1.807) is 35.1 Å². The van der Waals surface area contributed by atoms with Gasteiger partial charge in [-0.1, -0.05) is 18.2 Å². The molecule has 7 heteroatoms. The van der Waals surface area contributed by atoms with E-state index in [1.807, 2.05) is 31.3 Å². The number of rotatable bonds is 5. The molecule has 1 N–H and O–H groups in total. The standard InChI is InChI=1S/C17H18N4O2S/c1-21-14(10-11-19-21)12-18-17-5-3-4-16(20-17)13-6-8-15(9-7-13)24(2,22)23/h3-11H,12H2,1-2H3,(H,18,20). The number of aromatic nitrogens is 3. The molecule has 0 unspecified atom stereocenters. The molecular formula is C17H18N4O2S. The molecule has 0 atom stereocenters. The van der Waals surface area contributed by atoms with Gasteiger partial charge >= 0.3 is 0 Å². The van der Waals surface area contributed by atoms with Crippen LogP contribution in [0.15, 0.2) is 59.6 Å².